The summed E-state index contributed by atoms with van der Waals surface area (Å²) >= 11 is 0. The summed E-state index contributed by atoms with van der Waals surface area (Å²) in [5, 5.41) is 11.3. The molecule has 1 saturated heterocycles. The largest absolute Gasteiger partial charge is 0.507 e. The molecule has 1 aliphatic heterocycles. The van der Waals surface area contributed by atoms with Gasteiger partial charge in [-0.2, -0.15) is 0 Å². The highest BCUT2D eigenvalue weighted by molar-refractivity contribution is 6.46. The van der Waals surface area contributed by atoms with Crippen LogP contribution in [-0.4, -0.2) is 59.9 Å². The van der Waals surface area contributed by atoms with Crippen LogP contribution in [0.5, 0.6) is 5.75 Å². The number of benzene rings is 2. The van der Waals surface area contributed by atoms with E-state index < -0.39 is 17.7 Å². The first-order valence-electron chi connectivity index (χ1n) is 12.2. The van der Waals surface area contributed by atoms with E-state index in [1.54, 1.807) is 29.2 Å². The van der Waals surface area contributed by atoms with Crippen molar-refractivity contribution in [1.29, 1.82) is 0 Å². The van der Waals surface area contributed by atoms with Crippen molar-refractivity contribution >= 4 is 17.4 Å². The van der Waals surface area contributed by atoms with Crippen LogP contribution in [-0.2, 0) is 15.0 Å². The average molecular weight is 479 g/mol. The third kappa shape index (κ3) is 6.12. The molecule has 0 bridgehead atoms. The van der Waals surface area contributed by atoms with Crippen LogP contribution >= 0.6 is 0 Å². The van der Waals surface area contributed by atoms with E-state index in [2.05, 4.69) is 20.8 Å². The van der Waals surface area contributed by atoms with Gasteiger partial charge >= 0.3 is 0 Å². The van der Waals surface area contributed by atoms with E-state index in [-0.39, 0.29) is 22.9 Å². The second-order valence-electron chi connectivity index (χ2n) is 10.7. The molecule has 1 amide bonds. The van der Waals surface area contributed by atoms with E-state index in [0.717, 1.165) is 24.1 Å². The Morgan fingerprint density at radius 2 is 1.63 bits per heavy atom. The first kappa shape index (κ1) is 26.5. The minimum absolute atomic E-state index is 0.0220. The highest BCUT2D eigenvalue weighted by Gasteiger charge is 2.45. The van der Waals surface area contributed by atoms with Gasteiger partial charge in [0, 0.05) is 12.1 Å². The normalized spacial score (nSPS) is 18.1. The van der Waals surface area contributed by atoms with Gasteiger partial charge in [-0.05, 0) is 81.7 Å². The molecule has 1 heterocycles. The zero-order chi connectivity index (χ0) is 25.9. The topological polar surface area (TPSA) is 70.1 Å². The number of hydrogen-bond donors (Lipinski definition) is 1. The van der Waals surface area contributed by atoms with Crippen LogP contribution in [0.15, 0.2) is 54.1 Å². The molecule has 3 rings (SSSR count). The van der Waals surface area contributed by atoms with Crippen molar-refractivity contribution in [1.82, 2.24) is 9.80 Å². The lowest BCUT2D eigenvalue weighted by molar-refractivity contribution is -0.139. The number of aliphatic hydroxyl groups is 1. The average Bonchev–Trinajstić information content (AvgIpc) is 3.03. The van der Waals surface area contributed by atoms with Crippen LogP contribution in [0, 0.1) is 0 Å². The molecule has 0 saturated carbocycles. The fourth-order valence-electron chi connectivity index (χ4n) is 4.30. The molecule has 0 radical (unpaired) electrons. The van der Waals surface area contributed by atoms with Gasteiger partial charge in [0.2, 0.25) is 0 Å². The Balaban J connectivity index is 2.06. The van der Waals surface area contributed by atoms with Gasteiger partial charge < -0.3 is 19.6 Å². The lowest BCUT2D eigenvalue weighted by atomic mass is 9.85. The fourth-order valence-corrected chi connectivity index (χ4v) is 4.30. The number of rotatable bonds is 8. The maximum absolute atomic E-state index is 13.2. The summed E-state index contributed by atoms with van der Waals surface area (Å²) in [5.41, 5.74) is 2.55. The Kier molecular flexibility index (Phi) is 8.06. The second kappa shape index (κ2) is 10.6. The summed E-state index contributed by atoms with van der Waals surface area (Å²) in [5.74, 6) is -0.718. The molecule has 6 nitrogen and oxygen atoms in total. The standard InChI is InChI=1S/C29H38N2O4/c1-19(2)35-23-15-11-21(12-16-23)26(32)24-25(20-9-13-22(14-10-20)29(3,4)5)31(28(34)27(24)33)18-8-17-30(6)7/h9-16,19,25,32H,8,17-18H2,1-7H3/b26-24+/t25-/m0/s1. The van der Waals surface area contributed by atoms with Gasteiger partial charge in [-0.15, -0.1) is 0 Å². The summed E-state index contributed by atoms with van der Waals surface area (Å²) in [4.78, 5) is 30.0. The molecule has 188 valence electrons. The molecule has 2 aromatic carbocycles. The van der Waals surface area contributed by atoms with Gasteiger partial charge in [0.25, 0.3) is 11.7 Å². The van der Waals surface area contributed by atoms with Crippen LogP contribution in [0.25, 0.3) is 5.76 Å². The molecule has 1 aliphatic rings. The maximum atomic E-state index is 13.2. The number of nitrogens with zero attached hydrogens (tertiary/aromatic N) is 2. The quantitative estimate of drug-likeness (QED) is 0.323. The Morgan fingerprint density at radius 3 is 2.14 bits per heavy atom. The summed E-state index contributed by atoms with van der Waals surface area (Å²) in [6.07, 6.45) is 0.746. The van der Waals surface area contributed by atoms with E-state index in [4.69, 9.17) is 4.74 Å². The highest BCUT2D eigenvalue weighted by Crippen LogP contribution is 2.40. The Morgan fingerprint density at radius 1 is 1.03 bits per heavy atom. The number of ether oxygens (including phenoxy) is 1. The number of Topliss-reactive ketones (excluding diaryl/α,β-unsaturated/α-hetero) is 1. The summed E-state index contributed by atoms with van der Waals surface area (Å²) in [7, 11) is 3.95. The predicted molar refractivity (Wildman–Crippen MR) is 140 cm³/mol. The number of ketones is 1. The van der Waals surface area contributed by atoms with Crippen LogP contribution in [0.3, 0.4) is 0 Å². The lowest BCUT2D eigenvalue weighted by Crippen LogP contribution is -2.32. The number of aliphatic hydroxyl groups excluding tert-OH is 1. The van der Waals surface area contributed by atoms with Crippen molar-refractivity contribution in [2.75, 3.05) is 27.2 Å². The van der Waals surface area contributed by atoms with Gasteiger partial charge in [-0.1, -0.05) is 45.0 Å². The molecule has 0 spiro atoms. The first-order valence-corrected chi connectivity index (χ1v) is 12.2. The number of carbonyl (C=O) groups is 2. The summed E-state index contributed by atoms with van der Waals surface area (Å²) in [6, 6.07) is 14.3. The van der Waals surface area contributed by atoms with Crippen molar-refractivity contribution in [2.24, 2.45) is 0 Å². The number of likely N-dealkylation sites (tertiary alicyclic amines) is 1. The molecule has 2 aromatic rings. The molecular weight excluding hydrogens is 440 g/mol. The molecule has 35 heavy (non-hydrogen) atoms. The highest BCUT2D eigenvalue weighted by atomic mass is 16.5. The van der Waals surface area contributed by atoms with Crippen molar-refractivity contribution in [3.8, 4) is 5.75 Å². The van der Waals surface area contributed by atoms with Crippen molar-refractivity contribution in [3.63, 3.8) is 0 Å². The number of amides is 1. The van der Waals surface area contributed by atoms with E-state index in [0.29, 0.717) is 17.9 Å². The van der Waals surface area contributed by atoms with E-state index in [9.17, 15) is 14.7 Å². The van der Waals surface area contributed by atoms with Gasteiger partial charge in [0.1, 0.15) is 11.5 Å². The molecule has 6 heteroatoms. The van der Waals surface area contributed by atoms with E-state index >= 15 is 0 Å². The molecular formula is C29H38N2O4. The van der Waals surface area contributed by atoms with Crippen molar-refractivity contribution in [2.45, 2.75) is 58.6 Å². The predicted octanol–water partition coefficient (Wildman–Crippen LogP) is 5.14. The van der Waals surface area contributed by atoms with Gasteiger partial charge in [-0.25, -0.2) is 0 Å². The molecule has 0 unspecified atom stereocenters. The Hall–Kier alpha value is -3.12. The summed E-state index contributed by atoms with van der Waals surface area (Å²) < 4.78 is 5.69. The Bertz CT molecular complexity index is 1080. The van der Waals surface area contributed by atoms with Crippen molar-refractivity contribution < 1.29 is 19.4 Å². The lowest BCUT2D eigenvalue weighted by Gasteiger charge is -2.27. The molecule has 0 aromatic heterocycles. The van der Waals surface area contributed by atoms with E-state index in [1.807, 2.05) is 57.1 Å². The molecule has 0 aliphatic carbocycles. The van der Waals surface area contributed by atoms with Crippen LogP contribution < -0.4 is 4.74 Å². The first-order chi connectivity index (χ1) is 16.4. The number of hydrogen-bond acceptors (Lipinski definition) is 5. The van der Waals surface area contributed by atoms with Crippen LogP contribution in [0.1, 0.15) is 63.8 Å². The molecule has 1 N–H and O–H groups in total. The van der Waals surface area contributed by atoms with Gasteiger partial charge in [0.15, 0.2) is 0 Å². The zero-order valence-electron chi connectivity index (χ0n) is 22.0. The molecule has 1 fully saturated rings. The number of carbonyl (C=O) groups excluding carboxylic acids is 2. The minimum Gasteiger partial charge on any atom is -0.507 e. The van der Waals surface area contributed by atoms with E-state index in [1.165, 1.54) is 0 Å². The van der Waals surface area contributed by atoms with Gasteiger partial charge in [-0.3, -0.25) is 9.59 Å². The monoisotopic (exact) mass is 478 g/mol. The molecule has 1 atom stereocenters. The second-order valence-corrected chi connectivity index (χ2v) is 10.7. The smallest absolute Gasteiger partial charge is 0.295 e. The Labute approximate surface area is 209 Å². The van der Waals surface area contributed by atoms with Crippen molar-refractivity contribution in [3.05, 3.63) is 70.8 Å². The zero-order valence-corrected chi connectivity index (χ0v) is 22.0. The maximum Gasteiger partial charge on any atom is 0.295 e. The van der Waals surface area contributed by atoms with Crippen LogP contribution in [0.4, 0.5) is 0 Å². The third-order valence-corrected chi connectivity index (χ3v) is 6.14. The SMILES string of the molecule is CC(C)Oc1ccc(/C(O)=C2\C(=O)C(=O)N(CCCN(C)C)[C@H]2c2ccc(C(C)(C)C)cc2)cc1. The van der Waals surface area contributed by atoms with Crippen LogP contribution in [0.2, 0.25) is 0 Å². The van der Waals surface area contributed by atoms with Gasteiger partial charge in [0.05, 0.1) is 17.7 Å². The summed E-state index contributed by atoms with van der Waals surface area (Å²) in [6.45, 7) is 11.5. The third-order valence-electron chi connectivity index (χ3n) is 6.14. The minimum atomic E-state index is -0.653. The fraction of sp³-hybridized carbons (Fsp3) is 0.448.